The number of nitrogens with one attached hydrogen (secondary N) is 2. The van der Waals surface area contributed by atoms with Crippen LogP contribution in [0.3, 0.4) is 0 Å². The highest BCUT2D eigenvalue weighted by Gasteiger charge is 2.44. The first-order valence-corrected chi connectivity index (χ1v) is 15.7. The highest BCUT2D eigenvalue weighted by molar-refractivity contribution is 6.23. The lowest BCUT2D eigenvalue weighted by atomic mass is 9.94. The number of benzene rings is 2. The number of para-hydroxylation sites is 2. The number of urea groups is 1. The van der Waals surface area contributed by atoms with E-state index < -0.39 is 35.7 Å². The third-order valence-electron chi connectivity index (χ3n) is 9.17. The summed E-state index contributed by atoms with van der Waals surface area (Å²) in [6.07, 6.45) is 8.51. The van der Waals surface area contributed by atoms with Gasteiger partial charge >= 0.3 is 6.03 Å². The normalized spacial score (nSPS) is 21.2. The molecule has 7 rings (SSSR count). The first-order valence-electron chi connectivity index (χ1n) is 15.7. The maximum Gasteiger partial charge on any atom is 0.315 e. The van der Waals surface area contributed by atoms with E-state index in [-0.39, 0.29) is 36.1 Å². The van der Waals surface area contributed by atoms with Gasteiger partial charge < -0.3 is 16.0 Å². The molecule has 2 fully saturated rings. The smallest absolute Gasteiger partial charge is 0.315 e. The molecule has 14 heteroatoms. The van der Waals surface area contributed by atoms with Crippen molar-refractivity contribution in [3.8, 4) is 11.3 Å². The van der Waals surface area contributed by atoms with Crippen molar-refractivity contribution in [2.24, 2.45) is 5.73 Å². The third-order valence-corrected chi connectivity index (χ3v) is 9.17. The molecule has 6 amide bonds. The lowest BCUT2D eigenvalue weighted by Gasteiger charge is -2.38. The molecule has 5 heterocycles. The number of likely N-dealkylation sites (tertiary alicyclic amines) is 1. The van der Waals surface area contributed by atoms with Crippen LogP contribution in [0.15, 0.2) is 61.1 Å². The second-order valence-corrected chi connectivity index (χ2v) is 12.1. The zero-order valence-corrected chi connectivity index (χ0v) is 25.5. The van der Waals surface area contributed by atoms with Gasteiger partial charge in [-0.15, -0.1) is 0 Å². The highest BCUT2D eigenvalue weighted by Crippen LogP contribution is 2.32. The SMILES string of the molecule is NC(=O)N1CCC(n2cc(-c3cnc4ccccc4n3)cn2)CC1CCCNc1ccc2c(c1)C(=O)N(C1CCC(=O)NC1=O)C2=O. The van der Waals surface area contributed by atoms with Gasteiger partial charge in [0.1, 0.15) is 6.04 Å². The van der Waals surface area contributed by atoms with Crippen molar-refractivity contribution in [1.82, 2.24) is 34.9 Å². The minimum atomic E-state index is -1.01. The lowest BCUT2D eigenvalue weighted by molar-refractivity contribution is -0.136. The number of primary amides is 1. The molecule has 3 aliphatic rings. The fourth-order valence-electron chi connectivity index (χ4n) is 6.75. The zero-order valence-electron chi connectivity index (χ0n) is 25.5. The summed E-state index contributed by atoms with van der Waals surface area (Å²) in [6, 6.07) is 11.2. The lowest BCUT2D eigenvalue weighted by Crippen LogP contribution is -2.54. The van der Waals surface area contributed by atoms with Crippen LogP contribution in [0.5, 0.6) is 0 Å². The maximum absolute atomic E-state index is 13.2. The van der Waals surface area contributed by atoms with E-state index in [4.69, 9.17) is 10.7 Å². The van der Waals surface area contributed by atoms with E-state index in [1.165, 1.54) is 0 Å². The molecule has 0 aliphatic carbocycles. The van der Waals surface area contributed by atoms with Gasteiger partial charge in [0.2, 0.25) is 11.8 Å². The number of hydrogen-bond acceptors (Lipinski definition) is 9. The average Bonchev–Trinajstić information content (AvgIpc) is 3.66. The monoisotopic (exact) mass is 635 g/mol. The highest BCUT2D eigenvalue weighted by atomic mass is 16.2. The molecular weight excluding hydrogens is 602 g/mol. The van der Waals surface area contributed by atoms with Crippen molar-refractivity contribution >= 4 is 46.4 Å². The fourth-order valence-corrected chi connectivity index (χ4v) is 6.75. The van der Waals surface area contributed by atoms with Gasteiger partial charge in [0.25, 0.3) is 11.8 Å². The number of aromatic nitrogens is 4. The van der Waals surface area contributed by atoms with Crippen molar-refractivity contribution in [3.63, 3.8) is 0 Å². The van der Waals surface area contributed by atoms with Crippen LogP contribution in [0, 0.1) is 0 Å². The molecule has 3 aliphatic heterocycles. The number of fused-ring (bicyclic) bond motifs is 2. The molecule has 4 aromatic rings. The van der Waals surface area contributed by atoms with Gasteiger partial charge in [-0.25, -0.2) is 9.78 Å². The summed E-state index contributed by atoms with van der Waals surface area (Å²) in [5, 5.41) is 10.1. The Labute approximate surface area is 269 Å². The Morgan fingerprint density at radius 2 is 1.81 bits per heavy atom. The number of anilines is 1. The van der Waals surface area contributed by atoms with Crippen LogP contribution in [-0.2, 0) is 9.59 Å². The number of hydrogen-bond donors (Lipinski definition) is 3. The Kier molecular flexibility index (Phi) is 7.83. The number of imide groups is 2. The summed E-state index contributed by atoms with van der Waals surface area (Å²) in [6.45, 7) is 1.08. The number of carbonyl (C=O) groups excluding carboxylic acids is 5. The van der Waals surface area contributed by atoms with Gasteiger partial charge in [-0.1, -0.05) is 12.1 Å². The molecule has 14 nitrogen and oxygen atoms in total. The van der Waals surface area contributed by atoms with Crippen molar-refractivity contribution in [2.45, 2.75) is 56.7 Å². The Balaban J connectivity index is 0.970. The summed E-state index contributed by atoms with van der Waals surface area (Å²) in [5.41, 5.74) is 10.1. The topological polar surface area (TPSA) is 186 Å². The van der Waals surface area contributed by atoms with Gasteiger partial charge in [0.15, 0.2) is 0 Å². The first kappa shape index (κ1) is 30.0. The number of nitrogens with zero attached hydrogens (tertiary/aromatic N) is 6. The molecule has 240 valence electrons. The molecule has 47 heavy (non-hydrogen) atoms. The van der Waals surface area contributed by atoms with Crippen LogP contribution in [0.1, 0.15) is 65.3 Å². The number of piperidine rings is 2. The molecule has 0 spiro atoms. The van der Waals surface area contributed by atoms with E-state index in [9.17, 15) is 24.0 Å². The van der Waals surface area contributed by atoms with Crippen LogP contribution in [0.4, 0.5) is 10.5 Å². The van der Waals surface area contributed by atoms with E-state index >= 15 is 0 Å². The fraction of sp³-hybridized carbons (Fsp3) is 0.333. The predicted octanol–water partition coefficient (Wildman–Crippen LogP) is 2.87. The van der Waals surface area contributed by atoms with E-state index in [1.807, 2.05) is 35.1 Å². The molecule has 2 saturated heterocycles. The largest absolute Gasteiger partial charge is 0.385 e. The van der Waals surface area contributed by atoms with Crippen LogP contribution >= 0.6 is 0 Å². The maximum atomic E-state index is 13.2. The van der Waals surface area contributed by atoms with Gasteiger partial charge in [0.05, 0.1) is 46.3 Å². The molecule has 3 unspecified atom stereocenters. The van der Waals surface area contributed by atoms with Crippen molar-refractivity contribution in [3.05, 3.63) is 72.2 Å². The summed E-state index contributed by atoms with van der Waals surface area (Å²) in [5.74, 6) is -2.15. The molecule has 3 atom stereocenters. The molecule has 2 aromatic carbocycles. The van der Waals surface area contributed by atoms with Gasteiger partial charge in [-0.2, -0.15) is 5.10 Å². The minimum absolute atomic E-state index is 0.0645. The average molecular weight is 636 g/mol. The minimum Gasteiger partial charge on any atom is -0.385 e. The zero-order chi connectivity index (χ0) is 32.7. The van der Waals surface area contributed by atoms with Gasteiger partial charge in [-0.05, 0) is 62.4 Å². The number of rotatable bonds is 8. The molecule has 4 N–H and O–H groups in total. The molecule has 2 aromatic heterocycles. The molecule has 0 bridgehead atoms. The Bertz CT molecular complexity index is 1920. The predicted molar refractivity (Wildman–Crippen MR) is 170 cm³/mol. The van der Waals surface area contributed by atoms with E-state index in [1.54, 1.807) is 35.5 Å². The van der Waals surface area contributed by atoms with E-state index in [0.717, 1.165) is 33.6 Å². The summed E-state index contributed by atoms with van der Waals surface area (Å²) < 4.78 is 1.94. The molecule has 0 saturated carbocycles. The van der Waals surface area contributed by atoms with Crippen LogP contribution in [-0.4, -0.2) is 84.4 Å². The number of nitrogens with two attached hydrogens (primary N) is 1. The first-order chi connectivity index (χ1) is 22.8. The second kappa shape index (κ2) is 12.3. The number of amides is 6. The van der Waals surface area contributed by atoms with Gasteiger partial charge in [-0.3, -0.25) is 39.1 Å². The van der Waals surface area contributed by atoms with E-state index in [2.05, 4.69) is 20.7 Å². The Morgan fingerprint density at radius 3 is 2.62 bits per heavy atom. The standard InChI is InChI=1S/C33H33N9O5/c34-33(47)40-13-11-22(41-18-19(16-37-41)27-17-36-25-5-1-2-6-26(25)38-27)15-21(40)4-3-12-35-20-7-8-23-24(14-20)32(46)42(31(23)45)28-9-10-29(43)39-30(28)44/h1-2,5-8,14,16-18,21-22,28,35H,3-4,9-13,15H2,(H2,34,47)(H,39,43,44). The summed E-state index contributed by atoms with van der Waals surface area (Å²) >= 11 is 0. The summed E-state index contributed by atoms with van der Waals surface area (Å²) in [7, 11) is 0. The van der Waals surface area contributed by atoms with E-state index in [0.29, 0.717) is 38.0 Å². The van der Waals surface area contributed by atoms with Crippen LogP contribution in [0.2, 0.25) is 0 Å². The summed E-state index contributed by atoms with van der Waals surface area (Å²) in [4.78, 5) is 74.2. The second-order valence-electron chi connectivity index (χ2n) is 12.1. The van der Waals surface area contributed by atoms with Crippen molar-refractivity contribution < 1.29 is 24.0 Å². The van der Waals surface area contributed by atoms with Crippen molar-refractivity contribution in [2.75, 3.05) is 18.4 Å². The van der Waals surface area contributed by atoms with Crippen LogP contribution < -0.4 is 16.4 Å². The Hall–Kier alpha value is -5.66. The third kappa shape index (κ3) is 5.77. The molecule has 0 radical (unpaired) electrons. The molecular formula is C33H33N9O5. The number of carbonyl (C=O) groups is 5. The van der Waals surface area contributed by atoms with Crippen molar-refractivity contribution in [1.29, 1.82) is 0 Å². The quantitative estimate of drug-likeness (QED) is 0.193. The van der Waals surface area contributed by atoms with Gasteiger partial charge in [0, 0.05) is 43.0 Å². The Morgan fingerprint density at radius 1 is 1.00 bits per heavy atom. The van der Waals surface area contributed by atoms with Crippen LogP contribution in [0.25, 0.3) is 22.3 Å².